The zero-order chi connectivity index (χ0) is 25.3. The van der Waals surface area contributed by atoms with Crippen LogP contribution in [0.2, 0.25) is 0 Å². The molecule has 0 amide bonds. The van der Waals surface area contributed by atoms with Crippen molar-refractivity contribution >= 4 is 55.8 Å². The predicted molar refractivity (Wildman–Crippen MR) is 142 cm³/mol. The lowest BCUT2D eigenvalue weighted by Crippen LogP contribution is -2.41. The van der Waals surface area contributed by atoms with E-state index in [4.69, 9.17) is 14.2 Å². The molecule has 3 atom stereocenters. The molecule has 0 saturated heterocycles. The van der Waals surface area contributed by atoms with Crippen LogP contribution >= 0.6 is 37.9 Å². The fraction of sp³-hybridized carbons (Fsp3) is 0.875. The van der Waals surface area contributed by atoms with Crippen molar-refractivity contribution in [3.63, 3.8) is 0 Å². The van der Waals surface area contributed by atoms with E-state index in [1.165, 1.54) is 0 Å². The highest BCUT2D eigenvalue weighted by molar-refractivity contribution is 7.82. The molecule has 0 spiro atoms. The SMILES string of the molecule is CCCCC(S)C(=O)OCC(CC)(COC(=O)C(S)CCCC)COC(=O)C(S)CCCC. The van der Waals surface area contributed by atoms with Gasteiger partial charge in [0.25, 0.3) is 0 Å². The third-order valence-corrected chi connectivity index (χ3v) is 7.03. The van der Waals surface area contributed by atoms with Crippen molar-refractivity contribution in [2.24, 2.45) is 5.41 Å². The molecule has 3 unspecified atom stereocenters. The maximum Gasteiger partial charge on any atom is 0.318 e. The van der Waals surface area contributed by atoms with Crippen LogP contribution in [0.15, 0.2) is 0 Å². The highest BCUT2D eigenvalue weighted by atomic mass is 32.1. The lowest BCUT2D eigenvalue weighted by atomic mass is 9.88. The number of rotatable bonds is 19. The summed E-state index contributed by atoms with van der Waals surface area (Å²) in [6, 6.07) is 0. The highest BCUT2D eigenvalue weighted by Crippen LogP contribution is 2.26. The van der Waals surface area contributed by atoms with Gasteiger partial charge in [0.2, 0.25) is 0 Å². The molecule has 0 aliphatic carbocycles. The lowest BCUT2D eigenvalue weighted by Gasteiger charge is -2.32. The maximum absolute atomic E-state index is 12.4. The summed E-state index contributed by atoms with van der Waals surface area (Å²) >= 11 is 13.0. The summed E-state index contributed by atoms with van der Waals surface area (Å²) in [6.45, 7) is 7.90. The summed E-state index contributed by atoms with van der Waals surface area (Å²) in [6.07, 6.45) is 7.85. The summed E-state index contributed by atoms with van der Waals surface area (Å²) in [5.41, 5.74) is -0.851. The molecule has 0 aliphatic rings. The average molecular weight is 525 g/mol. The van der Waals surface area contributed by atoms with Crippen LogP contribution in [0, 0.1) is 5.41 Å². The quantitative estimate of drug-likeness (QED) is 0.118. The number of hydrogen-bond acceptors (Lipinski definition) is 9. The minimum Gasteiger partial charge on any atom is -0.464 e. The third-order valence-electron chi connectivity index (χ3n) is 5.62. The second kappa shape index (κ2) is 18.7. The van der Waals surface area contributed by atoms with Crippen LogP contribution in [-0.2, 0) is 28.6 Å². The first-order valence-corrected chi connectivity index (χ1v) is 13.7. The molecule has 6 nitrogen and oxygen atoms in total. The number of hydrogen-bond donors (Lipinski definition) is 3. The lowest BCUT2D eigenvalue weighted by molar-refractivity contribution is -0.161. The van der Waals surface area contributed by atoms with E-state index in [-0.39, 0.29) is 19.8 Å². The Kier molecular flexibility index (Phi) is 18.4. The first-order valence-electron chi connectivity index (χ1n) is 12.2. The van der Waals surface area contributed by atoms with Crippen molar-refractivity contribution in [2.45, 2.75) is 108 Å². The third kappa shape index (κ3) is 13.8. The Morgan fingerprint density at radius 1 is 0.606 bits per heavy atom. The number of unbranched alkanes of at least 4 members (excludes halogenated alkanes) is 3. The Morgan fingerprint density at radius 3 is 1.09 bits per heavy atom. The van der Waals surface area contributed by atoms with Gasteiger partial charge in [-0.3, -0.25) is 14.4 Å². The zero-order valence-electron chi connectivity index (χ0n) is 20.7. The molecule has 194 valence electrons. The molecule has 0 fully saturated rings. The fourth-order valence-electron chi connectivity index (χ4n) is 2.94. The van der Waals surface area contributed by atoms with Crippen molar-refractivity contribution in [3.05, 3.63) is 0 Å². The van der Waals surface area contributed by atoms with Gasteiger partial charge in [-0.15, -0.1) is 0 Å². The van der Waals surface area contributed by atoms with Crippen molar-refractivity contribution in [2.75, 3.05) is 19.8 Å². The van der Waals surface area contributed by atoms with Crippen LogP contribution in [0.5, 0.6) is 0 Å². The first kappa shape index (κ1) is 32.5. The Hall–Kier alpha value is -0.540. The molecule has 0 aromatic rings. The van der Waals surface area contributed by atoms with Gasteiger partial charge in [0.15, 0.2) is 0 Å². The van der Waals surface area contributed by atoms with Gasteiger partial charge in [-0.25, -0.2) is 0 Å². The van der Waals surface area contributed by atoms with E-state index < -0.39 is 39.1 Å². The number of ether oxygens (including phenoxy) is 3. The molecule has 0 aromatic carbocycles. The summed E-state index contributed by atoms with van der Waals surface area (Å²) in [4.78, 5) is 37.2. The Balaban J connectivity index is 5.21. The number of esters is 3. The van der Waals surface area contributed by atoms with Gasteiger partial charge in [-0.1, -0.05) is 66.2 Å². The Bertz CT molecular complexity index is 498. The first-order chi connectivity index (χ1) is 15.7. The van der Waals surface area contributed by atoms with Crippen molar-refractivity contribution in [1.82, 2.24) is 0 Å². The maximum atomic E-state index is 12.4. The molecule has 0 aliphatic heterocycles. The molecular formula is C24H44O6S3. The monoisotopic (exact) mass is 524 g/mol. The summed E-state index contributed by atoms with van der Waals surface area (Å²) in [5.74, 6) is -1.27. The number of carbonyl (C=O) groups is 3. The molecule has 0 radical (unpaired) electrons. The highest BCUT2D eigenvalue weighted by Gasteiger charge is 2.36. The average Bonchev–Trinajstić information content (AvgIpc) is 2.83. The van der Waals surface area contributed by atoms with Crippen LogP contribution in [0.1, 0.15) is 91.9 Å². The molecule has 0 rings (SSSR count). The molecule has 9 heteroatoms. The van der Waals surface area contributed by atoms with Crippen LogP contribution in [0.3, 0.4) is 0 Å². The molecule has 0 bridgehead atoms. The van der Waals surface area contributed by atoms with Crippen LogP contribution < -0.4 is 0 Å². The van der Waals surface area contributed by atoms with Crippen molar-refractivity contribution in [3.8, 4) is 0 Å². The Morgan fingerprint density at radius 2 is 0.879 bits per heavy atom. The van der Waals surface area contributed by atoms with Gasteiger partial charge < -0.3 is 14.2 Å². The number of carbonyl (C=O) groups excluding carboxylic acids is 3. The van der Waals surface area contributed by atoms with E-state index in [1.54, 1.807) is 0 Å². The molecule has 0 heterocycles. The van der Waals surface area contributed by atoms with Gasteiger partial charge >= 0.3 is 17.9 Å². The topological polar surface area (TPSA) is 78.9 Å². The number of thiol groups is 3. The molecule has 0 aromatic heterocycles. The van der Waals surface area contributed by atoms with Gasteiger partial charge in [-0.05, 0) is 25.7 Å². The summed E-state index contributed by atoms with van der Waals surface area (Å²) in [5, 5.41) is -1.55. The van der Waals surface area contributed by atoms with E-state index >= 15 is 0 Å². The molecular weight excluding hydrogens is 480 g/mol. The van der Waals surface area contributed by atoms with Crippen LogP contribution in [0.25, 0.3) is 0 Å². The van der Waals surface area contributed by atoms with Gasteiger partial charge in [0.05, 0.1) is 21.2 Å². The summed E-state index contributed by atoms with van der Waals surface area (Å²) < 4.78 is 16.6. The zero-order valence-corrected chi connectivity index (χ0v) is 23.4. The van der Waals surface area contributed by atoms with Gasteiger partial charge in [0.1, 0.15) is 19.8 Å². The fourth-order valence-corrected chi connectivity index (χ4v) is 3.71. The predicted octanol–water partition coefficient (Wildman–Crippen LogP) is 5.48. The molecule has 0 saturated carbocycles. The van der Waals surface area contributed by atoms with Crippen molar-refractivity contribution < 1.29 is 28.6 Å². The van der Waals surface area contributed by atoms with Crippen molar-refractivity contribution in [1.29, 1.82) is 0 Å². The molecule has 33 heavy (non-hydrogen) atoms. The summed E-state index contributed by atoms with van der Waals surface area (Å²) in [7, 11) is 0. The van der Waals surface area contributed by atoms with E-state index in [0.717, 1.165) is 38.5 Å². The van der Waals surface area contributed by atoms with Gasteiger partial charge in [0, 0.05) is 0 Å². The van der Waals surface area contributed by atoms with Crippen LogP contribution in [-0.4, -0.2) is 53.5 Å². The van der Waals surface area contributed by atoms with E-state index in [1.807, 2.05) is 27.7 Å². The van der Waals surface area contributed by atoms with E-state index in [2.05, 4.69) is 37.9 Å². The second-order valence-corrected chi connectivity index (χ2v) is 10.5. The van der Waals surface area contributed by atoms with E-state index in [9.17, 15) is 14.4 Å². The Labute approximate surface area is 216 Å². The van der Waals surface area contributed by atoms with Gasteiger partial charge in [-0.2, -0.15) is 37.9 Å². The minimum absolute atomic E-state index is 0.0372. The second-order valence-electron chi connectivity index (χ2n) is 8.65. The van der Waals surface area contributed by atoms with E-state index in [0.29, 0.717) is 25.7 Å². The molecule has 0 N–H and O–H groups in total. The van der Waals surface area contributed by atoms with Crippen LogP contribution in [0.4, 0.5) is 0 Å². The minimum atomic E-state index is -0.851. The smallest absolute Gasteiger partial charge is 0.318 e. The standard InChI is InChI=1S/C24H44O6S3/c1-5-9-12-18(31)21(25)28-15-24(8-4,16-29-22(26)19(32)13-10-6-2)17-30-23(27)20(33)14-11-7-3/h18-20,31-33H,5-17H2,1-4H3. The normalized spacial score (nSPS) is 15.7. The largest absolute Gasteiger partial charge is 0.464 e.